The second-order valence-corrected chi connectivity index (χ2v) is 15.1. The fourth-order valence-corrected chi connectivity index (χ4v) is 8.37. The van der Waals surface area contributed by atoms with Crippen molar-refractivity contribution in [3.8, 4) is 22.6 Å². The molecule has 2 saturated heterocycles. The molecule has 4 atom stereocenters. The number of carbonyl (C=O) groups is 4. The Bertz CT molecular complexity index is 2400. The molecule has 0 radical (unpaired) electrons. The smallest absolute Gasteiger partial charge is 0.407 e. The number of H-pyrrole nitrogens is 1. The molecule has 0 aliphatic carbocycles. The van der Waals surface area contributed by atoms with Crippen LogP contribution in [0.2, 0.25) is 0 Å². The molecule has 3 aliphatic heterocycles. The van der Waals surface area contributed by atoms with Crippen molar-refractivity contribution in [1.29, 1.82) is 0 Å². The van der Waals surface area contributed by atoms with E-state index in [9.17, 15) is 19.2 Å². The lowest BCUT2D eigenvalue weighted by Crippen LogP contribution is -2.47. The van der Waals surface area contributed by atoms with Gasteiger partial charge in [0.25, 0.3) is 0 Å². The van der Waals surface area contributed by atoms with Crippen molar-refractivity contribution in [3.05, 3.63) is 132 Å². The monoisotopic (exact) mass is 806 g/mol. The van der Waals surface area contributed by atoms with E-state index in [1.54, 1.807) is 18.6 Å². The number of rotatable bonds is 12. The number of aromatic nitrogens is 4. The summed E-state index contributed by atoms with van der Waals surface area (Å²) in [6.07, 6.45) is 10.3. The molecular formula is C46H46N8O6. The van der Waals surface area contributed by atoms with Crippen LogP contribution < -0.4 is 5.32 Å². The van der Waals surface area contributed by atoms with E-state index < -0.39 is 24.0 Å². The highest BCUT2D eigenvalue weighted by Crippen LogP contribution is 2.36. The molecule has 14 heteroatoms. The summed E-state index contributed by atoms with van der Waals surface area (Å²) in [6.45, 7) is 1.15. The maximum absolute atomic E-state index is 14.0. The van der Waals surface area contributed by atoms with E-state index >= 15 is 0 Å². The zero-order chi connectivity index (χ0) is 41.6. The Morgan fingerprint density at radius 2 is 1.37 bits per heavy atom. The minimum atomic E-state index is -0.874. The van der Waals surface area contributed by atoms with Gasteiger partial charge in [-0.3, -0.25) is 19.4 Å². The maximum atomic E-state index is 14.0. The van der Waals surface area contributed by atoms with E-state index in [0.29, 0.717) is 36.7 Å². The van der Waals surface area contributed by atoms with Gasteiger partial charge in [-0.2, -0.15) is 0 Å². The van der Waals surface area contributed by atoms with Crippen LogP contribution in [0.3, 0.4) is 0 Å². The number of hydrogen-bond donors (Lipinski definition) is 2. The van der Waals surface area contributed by atoms with E-state index in [0.717, 1.165) is 64.9 Å². The number of hydrogen-bond acceptors (Lipinski definition) is 10. The van der Waals surface area contributed by atoms with E-state index in [1.165, 1.54) is 14.2 Å². The molecule has 2 N–H and O–H groups in total. The molecule has 2 aromatic heterocycles. The summed E-state index contributed by atoms with van der Waals surface area (Å²) < 4.78 is 9.76. The molecule has 0 bridgehead atoms. The predicted octanol–water partition coefficient (Wildman–Crippen LogP) is 6.82. The fourth-order valence-electron chi connectivity index (χ4n) is 8.37. The van der Waals surface area contributed by atoms with Gasteiger partial charge in [-0.1, -0.05) is 84.9 Å². The molecule has 2 fully saturated rings. The van der Waals surface area contributed by atoms with Crippen LogP contribution in [-0.4, -0.2) is 92.7 Å². The fraction of sp³-hybridized carbons (Fsp3) is 0.304. The van der Waals surface area contributed by atoms with Crippen molar-refractivity contribution in [3.63, 3.8) is 0 Å². The third-order valence-electron chi connectivity index (χ3n) is 11.5. The number of benzene rings is 3. The average molecular weight is 807 g/mol. The number of esters is 1. The number of aliphatic imine (C=N–C) groups is 1. The van der Waals surface area contributed by atoms with Gasteiger partial charge < -0.3 is 29.6 Å². The first-order chi connectivity index (χ1) is 29.3. The van der Waals surface area contributed by atoms with Gasteiger partial charge >= 0.3 is 12.1 Å². The second kappa shape index (κ2) is 17.9. The number of allylic oxidation sites excluding steroid dienone is 1. The molecule has 5 heterocycles. The van der Waals surface area contributed by atoms with E-state index in [-0.39, 0.29) is 30.3 Å². The molecule has 3 aromatic carbocycles. The van der Waals surface area contributed by atoms with Crippen LogP contribution in [0.15, 0.2) is 115 Å². The first-order valence-corrected chi connectivity index (χ1v) is 20.2. The third kappa shape index (κ3) is 8.44. The number of methoxy groups -OCH3 is 2. The SMILES string of the molecule is COC(=O)C[C@@H](C(=O)N1CCC[C@H]1c1ncc(-c2ccc(-c3ncc(C4=CN=C([C@@H]5CCCN5C(=O)[C@H](NC(=O)OC)c5ccccc5)C4)cn3)cc2)[nH]1)c1ccccc1. The Morgan fingerprint density at radius 1 is 0.733 bits per heavy atom. The number of alkyl carbamates (subject to hydrolysis) is 1. The summed E-state index contributed by atoms with van der Waals surface area (Å²) in [5, 5.41) is 2.72. The lowest BCUT2D eigenvalue weighted by Gasteiger charge is -2.29. The Morgan fingerprint density at radius 3 is 2.03 bits per heavy atom. The Hall–Kier alpha value is -6.96. The zero-order valence-corrected chi connectivity index (χ0v) is 33.5. The molecule has 14 nitrogen and oxygen atoms in total. The summed E-state index contributed by atoms with van der Waals surface area (Å²) in [4.78, 5) is 78.3. The molecule has 306 valence electrons. The molecule has 3 aliphatic rings. The van der Waals surface area contributed by atoms with Crippen LogP contribution in [0.25, 0.3) is 28.2 Å². The predicted molar refractivity (Wildman–Crippen MR) is 224 cm³/mol. The lowest BCUT2D eigenvalue weighted by molar-refractivity contribution is -0.145. The minimum absolute atomic E-state index is 0.0310. The third-order valence-corrected chi connectivity index (χ3v) is 11.5. The lowest BCUT2D eigenvalue weighted by atomic mass is 9.94. The summed E-state index contributed by atoms with van der Waals surface area (Å²) in [6, 6.07) is 25.1. The van der Waals surface area contributed by atoms with Gasteiger partial charge in [-0.05, 0) is 47.9 Å². The summed E-state index contributed by atoms with van der Waals surface area (Å²) >= 11 is 0. The van der Waals surface area contributed by atoms with Crippen LogP contribution in [0.1, 0.15) is 79.0 Å². The van der Waals surface area contributed by atoms with Gasteiger partial charge in [0, 0.05) is 54.9 Å². The normalized spacial score (nSPS) is 18.4. The summed E-state index contributed by atoms with van der Waals surface area (Å²) in [5.41, 5.74) is 6.77. The van der Waals surface area contributed by atoms with Crippen molar-refractivity contribution >= 4 is 35.2 Å². The van der Waals surface area contributed by atoms with Crippen molar-refractivity contribution in [2.75, 3.05) is 27.3 Å². The van der Waals surface area contributed by atoms with Crippen molar-refractivity contribution in [2.45, 2.75) is 62.6 Å². The zero-order valence-electron chi connectivity index (χ0n) is 33.5. The molecule has 3 amide bonds. The van der Waals surface area contributed by atoms with Gasteiger partial charge in [-0.15, -0.1) is 0 Å². The molecule has 0 unspecified atom stereocenters. The van der Waals surface area contributed by atoms with Gasteiger partial charge in [0.2, 0.25) is 11.8 Å². The molecule has 0 spiro atoms. The molecule has 0 saturated carbocycles. The standard InChI is InChI=1S/C46H46N8O6/c1-59-40(55)24-35(29-11-5-3-6-12-29)44(56)54-22-10-16-39(54)43-50-28-37(51-43)30-17-19-32(20-18-30)42-48-26-34(27-49-42)33-23-36(47-25-33)38-15-9-21-53(38)45(57)41(52-46(58)60-2)31-13-7-4-8-14-31/h3-8,11-14,17-20,25-28,35,38-39,41H,9-10,15-16,21-24H2,1-2H3,(H,50,51)(H,52,58)/t35-,38+,39+,41-/m1/s1. The van der Waals surface area contributed by atoms with Crippen LogP contribution >= 0.6 is 0 Å². The van der Waals surface area contributed by atoms with Crippen molar-refractivity contribution in [2.24, 2.45) is 4.99 Å². The summed E-state index contributed by atoms with van der Waals surface area (Å²) in [5.74, 6) is -0.104. The second-order valence-electron chi connectivity index (χ2n) is 15.1. The number of nitrogens with zero attached hydrogens (tertiary/aromatic N) is 6. The first-order valence-electron chi connectivity index (χ1n) is 20.2. The molecule has 8 rings (SSSR count). The highest BCUT2D eigenvalue weighted by atomic mass is 16.5. The Labute approximate surface area is 347 Å². The van der Waals surface area contributed by atoms with Crippen LogP contribution in [-0.2, 0) is 23.9 Å². The van der Waals surface area contributed by atoms with Gasteiger partial charge in [-0.25, -0.2) is 19.7 Å². The van der Waals surface area contributed by atoms with Gasteiger partial charge in [0.05, 0.1) is 50.5 Å². The first kappa shape index (κ1) is 39.8. The number of amides is 3. The van der Waals surface area contributed by atoms with Gasteiger partial charge in [0.1, 0.15) is 11.9 Å². The molecule has 5 aromatic rings. The van der Waals surface area contributed by atoms with E-state index in [2.05, 4.69) is 20.3 Å². The van der Waals surface area contributed by atoms with E-state index in [1.807, 2.05) is 101 Å². The molecular weight excluding hydrogens is 761 g/mol. The maximum Gasteiger partial charge on any atom is 0.407 e. The largest absolute Gasteiger partial charge is 0.469 e. The topological polar surface area (TPSA) is 172 Å². The molecule has 60 heavy (non-hydrogen) atoms. The summed E-state index contributed by atoms with van der Waals surface area (Å²) in [7, 11) is 2.62. The van der Waals surface area contributed by atoms with Crippen molar-refractivity contribution in [1.82, 2.24) is 35.1 Å². The van der Waals surface area contributed by atoms with Crippen LogP contribution in [0.5, 0.6) is 0 Å². The highest BCUT2D eigenvalue weighted by molar-refractivity contribution is 6.03. The number of likely N-dealkylation sites (tertiary alicyclic amines) is 2. The number of ether oxygens (including phenoxy) is 2. The number of aromatic amines is 1. The highest BCUT2D eigenvalue weighted by Gasteiger charge is 2.39. The van der Waals surface area contributed by atoms with E-state index in [4.69, 9.17) is 19.5 Å². The average Bonchev–Trinajstić information content (AvgIpc) is 4.15. The van der Waals surface area contributed by atoms with Crippen LogP contribution in [0, 0.1) is 0 Å². The number of imidazole rings is 1. The Kier molecular flexibility index (Phi) is 11.9. The Balaban J connectivity index is 0.900. The number of carbonyl (C=O) groups excluding carboxylic acids is 4. The number of nitrogens with one attached hydrogen (secondary N) is 2. The van der Waals surface area contributed by atoms with Crippen molar-refractivity contribution < 1.29 is 28.7 Å². The minimum Gasteiger partial charge on any atom is -0.469 e. The quantitative estimate of drug-likeness (QED) is 0.128. The van der Waals surface area contributed by atoms with Gasteiger partial charge in [0.15, 0.2) is 5.82 Å². The van der Waals surface area contributed by atoms with Crippen LogP contribution in [0.4, 0.5) is 4.79 Å².